The molecule has 0 heterocycles. The van der Waals surface area contributed by atoms with E-state index in [1.807, 2.05) is 0 Å². The number of rotatable bonds is 2. The Hall–Kier alpha value is -1.48. The quantitative estimate of drug-likeness (QED) is 0.764. The third-order valence-corrected chi connectivity index (χ3v) is 3.84. The second-order valence-corrected chi connectivity index (χ2v) is 5.28. The van der Waals surface area contributed by atoms with Crippen LogP contribution in [-0.2, 0) is 9.59 Å². The van der Waals surface area contributed by atoms with Gasteiger partial charge in [0.2, 0.25) is 0 Å². The van der Waals surface area contributed by atoms with Crippen molar-refractivity contribution in [2.45, 2.75) is 26.7 Å². The van der Waals surface area contributed by atoms with Crippen LogP contribution in [0.5, 0.6) is 0 Å². The molecule has 0 bridgehead atoms. The summed E-state index contributed by atoms with van der Waals surface area (Å²) in [4.78, 5) is 24.6. The Morgan fingerprint density at radius 2 is 1.84 bits per heavy atom. The van der Waals surface area contributed by atoms with E-state index in [9.17, 15) is 9.59 Å². The molecule has 0 aliphatic heterocycles. The van der Waals surface area contributed by atoms with Crippen LogP contribution < -0.4 is 0 Å². The van der Waals surface area contributed by atoms with Crippen LogP contribution in [-0.4, -0.2) is 11.6 Å². The summed E-state index contributed by atoms with van der Waals surface area (Å²) in [5.74, 6) is -0.112. The van der Waals surface area contributed by atoms with Gasteiger partial charge in [-0.1, -0.05) is 48.7 Å². The zero-order valence-corrected chi connectivity index (χ0v) is 11.5. The predicted molar refractivity (Wildman–Crippen MR) is 82.1 cm³/mol. The molecule has 0 spiro atoms. The van der Waals surface area contributed by atoms with Crippen LogP contribution in [0.4, 0.5) is 0 Å². The fraction of sp³-hybridized carbons (Fsp3) is 0.250. The maximum Gasteiger partial charge on any atom is 0.193 e. The van der Waals surface area contributed by atoms with Crippen LogP contribution in [0.2, 0.25) is 0 Å². The predicted octanol–water partition coefficient (Wildman–Crippen LogP) is 4.20. The summed E-state index contributed by atoms with van der Waals surface area (Å²) in [6.07, 6.45) is 6.47. The van der Waals surface area contributed by atoms with Crippen LogP contribution in [0.3, 0.4) is 0 Å². The average Bonchev–Trinajstić information content (AvgIpc) is 2.46. The highest BCUT2D eigenvalue weighted by Crippen LogP contribution is 2.34. The van der Waals surface area contributed by atoms with Gasteiger partial charge in [0.1, 0.15) is 0 Å². The normalized spacial score (nSPS) is 19.3. The Balaban J connectivity index is 0.00000180. The smallest absolute Gasteiger partial charge is 0.193 e. The lowest BCUT2D eigenvalue weighted by molar-refractivity contribution is -0.115. The van der Waals surface area contributed by atoms with E-state index in [4.69, 9.17) is 0 Å². The third kappa shape index (κ3) is 2.76. The first kappa shape index (κ1) is 15.6. The van der Waals surface area contributed by atoms with Crippen molar-refractivity contribution in [1.29, 1.82) is 0 Å². The van der Waals surface area contributed by atoms with Crippen molar-refractivity contribution in [3.63, 3.8) is 0 Å². The molecule has 2 nitrogen and oxygen atoms in total. The number of ketones is 2. The molecule has 0 saturated heterocycles. The largest absolute Gasteiger partial charge is 0.294 e. The molecule has 2 aliphatic rings. The number of allylic oxidation sites excluding steroid dienone is 8. The van der Waals surface area contributed by atoms with Crippen molar-refractivity contribution in [2.75, 3.05) is 0 Å². The van der Waals surface area contributed by atoms with Gasteiger partial charge < -0.3 is 0 Å². The van der Waals surface area contributed by atoms with Crippen LogP contribution in [0.25, 0.3) is 0 Å². The number of hydrogen-bond donors (Lipinski definition) is 0. The van der Waals surface area contributed by atoms with Gasteiger partial charge in [0.25, 0.3) is 0 Å². The fourth-order valence-corrected chi connectivity index (χ4v) is 2.69. The molecule has 3 heteroatoms. The molecule has 0 saturated carbocycles. The van der Waals surface area contributed by atoms with E-state index in [1.54, 1.807) is 12.2 Å². The van der Waals surface area contributed by atoms with E-state index in [2.05, 4.69) is 29.1 Å². The summed E-state index contributed by atoms with van der Waals surface area (Å²) in [5.41, 5.74) is 2.30. The van der Waals surface area contributed by atoms with Crippen LogP contribution >= 0.6 is 15.9 Å². The second kappa shape index (κ2) is 6.11. The molecule has 0 unspecified atom stereocenters. The van der Waals surface area contributed by atoms with Crippen molar-refractivity contribution in [3.05, 3.63) is 58.2 Å². The van der Waals surface area contributed by atoms with Crippen LogP contribution in [0.1, 0.15) is 26.7 Å². The van der Waals surface area contributed by atoms with E-state index < -0.39 is 0 Å². The highest BCUT2D eigenvalue weighted by atomic mass is 79.9. The van der Waals surface area contributed by atoms with Gasteiger partial charge in [-0.15, -0.1) is 0 Å². The molecule has 2 aliphatic carbocycles. The number of halogens is 1. The first-order valence-corrected chi connectivity index (χ1v) is 6.53. The zero-order valence-electron chi connectivity index (χ0n) is 9.96. The highest BCUT2D eigenvalue weighted by molar-refractivity contribution is 9.11. The lowest BCUT2D eigenvalue weighted by Crippen LogP contribution is -2.11. The Labute approximate surface area is 122 Å². The topological polar surface area (TPSA) is 34.1 Å². The third-order valence-electron chi connectivity index (χ3n) is 3.21. The number of Topliss-reactive ketones (excluding diaryl/α,β-unsaturated/α-hetero) is 2. The molecule has 0 amide bonds. The maximum atomic E-state index is 12.4. The molecule has 0 aromatic heterocycles. The fourth-order valence-electron chi connectivity index (χ4n) is 2.26. The van der Waals surface area contributed by atoms with Crippen molar-refractivity contribution < 1.29 is 9.59 Å². The molecule has 0 aromatic carbocycles. The summed E-state index contributed by atoms with van der Waals surface area (Å²) >= 11 is 3.40. The molecule has 100 valence electrons. The van der Waals surface area contributed by atoms with Gasteiger partial charge in [-0.2, -0.15) is 0 Å². The van der Waals surface area contributed by atoms with E-state index in [0.717, 1.165) is 10.9 Å². The van der Waals surface area contributed by atoms with Gasteiger partial charge in [-0.3, -0.25) is 9.59 Å². The average molecular weight is 321 g/mol. The minimum atomic E-state index is -0.127. The molecule has 0 N–H and O–H groups in total. The maximum absolute atomic E-state index is 12.4. The Morgan fingerprint density at radius 3 is 2.42 bits per heavy atom. The van der Waals surface area contributed by atoms with Crippen LogP contribution in [0, 0.1) is 0 Å². The first-order valence-electron chi connectivity index (χ1n) is 5.73. The second-order valence-electron chi connectivity index (χ2n) is 4.26. The van der Waals surface area contributed by atoms with Gasteiger partial charge in [0.15, 0.2) is 11.6 Å². The van der Waals surface area contributed by atoms with Crippen molar-refractivity contribution in [1.82, 2.24) is 0 Å². The lowest BCUT2D eigenvalue weighted by atomic mass is 9.91. The van der Waals surface area contributed by atoms with Gasteiger partial charge in [0.05, 0.1) is 0 Å². The van der Waals surface area contributed by atoms with Gasteiger partial charge in [-0.05, 0) is 29.0 Å². The summed E-state index contributed by atoms with van der Waals surface area (Å²) in [6.45, 7) is 7.34. The van der Waals surface area contributed by atoms with E-state index in [1.165, 1.54) is 6.08 Å². The van der Waals surface area contributed by atoms with Gasteiger partial charge in [0, 0.05) is 23.1 Å². The van der Waals surface area contributed by atoms with E-state index in [0.29, 0.717) is 28.7 Å². The Bertz CT molecular complexity index is 559. The SMILES string of the molecule is C.C=CC1=C(C=C)C(=O)C2=C(CCC(Br)=C2)C(=O)C1. The van der Waals surface area contributed by atoms with Gasteiger partial charge in [-0.25, -0.2) is 0 Å². The number of carbonyl (C=O) groups excluding carboxylic acids is 2. The number of hydrogen-bond acceptors (Lipinski definition) is 2. The molecular formula is C16H17BrO2. The van der Waals surface area contributed by atoms with Crippen molar-refractivity contribution in [2.24, 2.45) is 0 Å². The minimum Gasteiger partial charge on any atom is -0.294 e. The standard InChI is InChI=1S/C15H13BrO2.CH4/c1-3-9-7-14(17)12-6-5-10(16)8-13(12)15(18)11(9)4-2;/h3-4,8H,1-2,5-7H2;1H4. The molecule has 2 rings (SSSR count). The van der Waals surface area contributed by atoms with Crippen molar-refractivity contribution in [3.8, 4) is 0 Å². The molecular weight excluding hydrogens is 304 g/mol. The molecule has 0 aromatic rings. The summed E-state index contributed by atoms with van der Waals surface area (Å²) in [6, 6.07) is 0. The monoisotopic (exact) mass is 320 g/mol. The Kier molecular flexibility index (Phi) is 5.01. The lowest BCUT2D eigenvalue weighted by Gasteiger charge is -2.14. The summed E-state index contributed by atoms with van der Waals surface area (Å²) < 4.78 is 0.952. The Morgan fingerprint density at radius 1 is 1.16 bits per heavy atom. The minimum absolute atomic E-state index is 0. The van der Waals surface area contributed by atoms with E-state index in [-0.39, 0.29) is 25.4 Å². The van der Waals surface area contributed by atoms with Crippen molar-refractivity contribution >= 4 is 27.5 Å². The summed E-state index contributed by atoms with van der Waals surface area (Å²) in [5, 5.41) is 0. The summed E-state index contributed by atoms with van der Waals surface area (Å²) in [7, 11) is 0. The molecule has 0 radical (unpaired) electrons. The zero-order chi connectivity index (χ0) is 13.3. The molecule has 19 heavy (non-hydrogen) atoms. The van der Waals surface area contributed by atoms with E-state index >= 15 is 0 Å². The first-order chi connectivity index (χ1) is 8.58. The van der Waals surface area contributed by atoms with Gasteiger partial charge >= 0.3 is 0 Å². The molecule has 0 atom stereocenters. The molecule has 0 fully saturated rings. The number of carbonyl (C=O) groups is 2. The van der Waals surface area contributed by atoms with Crippen LogP contribution in [0.15, 0.2) is 58.2 Å². The highest BCUT2D eigenvalue weighted by Gasteiger charge is 2.29.